The van der Waals surface area contributed by atoms with Crippen LogP contribution in [0.5, 0.6) is 0 Å². The number of hydrogen-bond donors (Lipinski definition) is 2. The molecule has 2 fully saturated rings. The standard InChI is InChI=1S/C28H36F3N3O3S/c1-27(2,3)34-24(35)19-14-18(15-20(16-19)28(29,30)31)23-22(13-17-7-5-4-6-8-17)33-26(38-23)25(36)32-21-9-11-37-12-10-21/h14-17,21H,4-13H2,1-3H3,(H,32,36)(H,34,35). The van der Waals surface area contributed by atoms with E-state index < -0.39 is 23.2 Å². The maximum absolute atomic E-state index is 13.9. The Morgan fingerprint density at radius 2 is 1.68 bits per heavy atom. The predicted octanol–water partition coefficient (Wildman–Crippen LogP) is 6.39. The summed E-state index contributed by atoms with van der Waals surface area (Å²) < 4.78 is 47.1. The number of carbonyl (C=O) groups excluding carboxylic acids is 2. The second-order valence-electron chi connectivity index (χ2n) is 11.4. The molecule has 10 heteroatoms. The first kappa shape index (κ1) is 28.5. The predicted molar refractivity (Wildman–Crippen MR) is 141 cm³/mol. The van der Waals surface area contributed by atoms with Crippen molar-refractivity contribution in [2.75, 3.05) is 13.2 Å². The molecule has 1 aliphatic heterocycles. The summed E-state index contributed by atoms with van der Waals surface area (Å²) in [5.41, 5.74) is -0.709. The number of rotatable bonds is 6. The van der Waals surface area contributed by atoms with E-state index in [1.807, 2.05) is 0 Å². The number of alkyl halides is 3. The fraction of sp³-hybridized carbons (Fsp3) is 0.607. The van der Waals surface area contributed by atoms with Crippen LogP contribution in [0.25, 0.3) is 10.4 Å². The van der Waals surface area contributed by atoms with Gasteiger partial charge in [0.15, 0.2) is 5.01 Å². The molecule has 0 bridgehead atoms. The van der Waals surface area contributed by atoms with E-state index in [4.69, 9.17) is 4.74 Å². The van der Waals surface area contributed by atoms with Crippen LogP contribution in [0.1, 0.15) is 97.1 Å². The van der Waals surface area contributed by atoms with Crippen molar-refractivity contribution in [1.82, 2.24) is 15.6 Å². The molecule has 2 amide bonds. The summed E-state index contributed by atoms with van der Waals surface area (Å²) in [6.45, 7) is 6.46. The van der Waals surface area contributed by atoms with Crippen LogP contribution in [0.3, 0.4) is 0 Å². The molecule has 1 aliphatic carbocycles. The third kappa shape index (κ3) is 7.56. The van der Waals surface area contributed by atoms with Gasteiger partial charge < -0.3 is 15.4 Å². The first-order valence-corrected chi connectivity index (χ1v) is 14.1. The summed E-state index contributed by atoms with van der Waals surface area (Å²) in [5.74, 6) is -0.540. The highest BCUT2D eigenvalue weighted by Gasteiger charge is 2.33. The number of thiazole rings is 1. The average Bonchev–Trinajstić information content (AvgIpc) is 3.27. The molecule has 2 aromatic rings. The van der Waals surface area contributed by atoms with Crippen LogP contribution in [-0.4, -0.2) is 41.6 Å². The topological polar surface area (TPSA) is 80.3 Å². The van der Waals surface area contributed by atoms with E-state index in [2.05, 4.69) is 15.6 Å². The van der Waals surface area contributed by atoms with Gasteiger partial charge in [-0.25, -0.2) is 4.98 Å². The maximum atomic E-state index is 13.9. The average molecular weight is 552 g/mol. The smallest absolute Gasteiger partial charge is 0.381 e. The summed E-state index contributed by atoms with van der Waals surface area (Å²) >= 11 is 1.10. The number of amides is 2. The fourth-order valence-corrected chi connectivity index (χ4v) is 6.02. The van der Waals surface area contributed by atoms with Gasteiger partial charge in [0.25, 0.3) is 11.8 Å². The molecule has 1 saturated heterocycles. The summed E-state index contributed by atoms with van der Waals surface area (Å²) in [6, 6.07) is 3.40. The van der Waals surface area contributed by atoms with Crippen molar-refractivity contribution in [2.24, 2.45) is 5.92 Å². The molecular formula is C28H36F3N3O3S. The van der Waals surface area contributed by atoms with Crippen molar-refractivity contribution in [3.63, 3.8) is 0 Å². The lowest BCUT2D eigenvalue weighted by molar-refractivity contribution is -0.137. The van der Waals surface area contributed by atoms with Crippen LogP contribution in [0.15, 0.2) is 18.2 Å². The summed E-state index contributed by atoms with van der Waals surface area (Å²) in [6.07, 6.45) is 2.84. The minimum Gasteiger partial charge on any atom is -0.381 e. The molecule has 38 heavy (non-hydrogen) atoms. The second-order valence-corrected chi connectivity index (χ2v) is 12.4. The van der Waals surface area contributed by atoms with E-state index in [1.54, 1.807) is 20.8 Å². The van der Waals surface area contributed by atoms with E-state index in [1.165, 1.54) is 12.5 Å². The molecule has 0 atom stereocenters. The van der Waals surface area contributed by atoms with Crippen LogP contribution in [0, 0.1) is 5.92 Å². The number of nitrogens with one attached hydrogen (secondary N) is 2. The van der Waals surface area contributed by atoms with Gasteiger partial charge in [0.1, 0.15) is 0 Å². The molecule has 0 spiro atoms. The van der Waals surface area contributed by atoms with Crippen molar-refractivity contribution >= 4 is 23.2 Å². The van der Waals surface area contributed by atoms with Gasteiger partial charge in [-0.15, -0.1) is 11.3 Å². The first-order valence-electron chi connectivity index (χ1n) is 13.3. The SMILES string of the molecule is CC(C)(C)NC(=O)c1cc(-c2sc(C(=O)NC3CCOCC3)nc2CC2CCCCC2)cc(C(F)(F)F)c1. The van der Waals surface area contributed by atoms with E-state index >= 15 is 0 Å². The highest BCUT2D eigenvalue weighted by molar-refractivity contribution is 7.17. The molecule has 0 unspecified atom stereocenters. The van der Waals surface area contributed by atoms with Gasteiger partial charge in [-0.2, -0.15) is 13.2 Å². The Kier molecular flexibility index (Phi) is 8.82. The van der Waals surface area contributed by atoms with Crippen molar-refractivity contribution in [2.45, 2.75) is 89.9 Å². The Bertz CT molecular complexity index is 1140. The Morgan fingerprint density at radius 1 is 1.00 bits per heavy atom. The molecule has 1 aromatic carbocycles. The van der Waals surface area contributed by atoms with Crippen molar-refractivity contribution in [3.05, 3.63) is 40.0 Å². The van der Waals surface area contributed by atoms with Crippen LogP contribution in [0.2, 0.25) is 0 Å². The van der Waals surface area contributed by atoms with Gasteiger partial charge in [0.05, 0.1) is 16.1 Å². The lowest BCUT2D eigenvalue weighted by atomic mass is 9.85. The summed E-state index contributed by atoms with van der Waals surface area (Å²) in [7, 11) is 0. The quantitative estimate of drug-likeness (QED) is 0.436. The van der Waals surface area contributed by atoms with Crippen LogP contribution in [-0.2, 0) is 17.3 Å². The molecule has 4 rings (SSSR count). The fourth-order valence-electron chi connectivity index (χ4n) is 5.03. The van der Waals surface area contributed by atoms with E-state index in [0.717, 1.165) is 49.2 Å². The zero-order valence-corrected chi connectivity index (χ0v) is 23.0. The van der Waals surface area contributed by atoms with Gasteiger partial charge in [-0.05, 0) is 69.7 Å². The zero-order valence-electron chi connectivity index (χ0n) is 22.2. The van der Waals surface area contributed by atoms with Gasteiger partial charge in [0, 0.05) is 30.4 Å². The van der Waals surface area contributed by atoms with Gasteiger partial charge in [-0.1, -0.05) is 32.1 Å². The zero-order chi connectivity index (χ0) is 27.5. The van der Waals surface area contributed by atoms with E-state index in [0.29, 0.717) is 49.0 Å². The van der Waals surface area contributed by atoms with Crippen LogP contribution >= 0.6 is 11.3 Å². The molecule has 2 aliphatic rings. The van der Waals surface area contributed by atoms with Crippen LogP contribution in [0.4, 0.5) is 13.2 Å². The largest absolute Gasteiger partial charge is 0.416 e. The van der Waals surface area contributed by atoms with Gasteiger partial charge >= 0.3 is 6.18 Å². The first-order chi connectivity index (χ1) is 17.9. The van der Waals surface area contributed by atoms with Crippen molar-refractivity contribution in [1.29, 1.82) is 0 Å². The van der Waals surface area contributed by atoms with E-state index in [-0.39, 0.29) is 28.1 Å². The number of ether oxygens (including phenoxy) is 1. The van der Waals surface area contributed by atoms with Gasteiger partial charge in [0.2, 0.25) is 0 Å². The molecule has 1 aromatic heterocycles. The molecule has 2 heterocycles. The Balaban J connectivity index is 1.73. The molecular weight excluding hydrogens is 515 g/mol. The number of carbonyl (C=O) groups is 2. The highest BCUT2D eigenvalue weighted by atomic mass is 32.1. The maximum Gasteiger partial charge on any atom is 0.416 e. The number of hydrogen-bond acceptors (Lipinski definition) is 5. The number of aromatic nitrogens is 1. The van der Waals surface area contributed by atoms with E-state index in [9.17, 15) is 22.8 Å². The molecule has 0 radical (unpaired) electrons. The molecule has 6 nitrogen and oxygen atoms in total. The van der Waals surface area contributed by atoms with Crippen molar-refractivity contribution < 1.29 is 27.5 Å². The number of halogens is 3. The van der Waals surface area contributed by atoms with Crippen molar-refractivity contribution in [3.8, 4) is 10.4 Å². The lowest BCUT2D eigenvalue weighted by Crippen LogP contribution is -2.40. The summed E-state index contributed by atoms with van der Waals surface area (Å²) in [5, 5.41) is 5.99. The minimum absolute atomic E-state index is 0.0216. The Morgan fingerprint density at radius 3 is 2.32 bits per heavy atom. The number of benzene rings is 1. The normalized spacial score (nSPS) is 17.8. The molecule has 1 saturated carbocycles. The third-order valence-electron chi connectivity index (χ3n) is 6.93. The van der Waals surface area contributed by atoms with Crippen LogP contribution < -0.4 is 10.6 Å². The minimum atomic E-state index is -4.63. The summed E-state index contributed by atoms with van der Waals surface area (Å²) in [4.78, 5) is 31.2. The third-order valence-corrected chi connectivity index (χ3v) is 8.07. The van der Waals surface area contributed by atoms with Gasteiger partial charge in [-0.3, -0.25) is 9.59 Å². The lowest BCUT2D eigenvalue weighted by Gasteiger charge is -2.22. The molecule has 2 N–H and O–H groups in total. The molecule has 208 valence electrons. The Labute approximate surface area is 225 Å². The second kappa shape index (κ2) is 11.7. The highest BCUT2D eigenvalue weighted by Crippen LogP contribution is 2.39. The monoisotopic (exact) mass is 551 g/mol. The Hall–Kier alpha value is -2.46. The number of nitrogens with zero attached hydrogens (tertiary/aromatic N) is 1.